The lowest BCUT2D eigenvalue weighted by Gasteiger charge is -2.25. The molecule has 1 aromatic heterocycles. The van der Waals surface area contributed by atoms with E-state index in [9.17, 15) is 0 Å². The van der Waals surface area contributed by atoms with Crippen molar-refractivity contribution in [1.82, 2.24) is 4.98 Å². The monoisotopic (exact) mass is 449 g/mol. The topological polar surface area (TPSA) is 96.7 Å². The number of pyridine rings is 1. The summed E-state index contributed by atoms with van der Waals surface area (Å²) in [6, 6.07) is 26.8. The fourth-order valence-corrected chi connectivity index (χ4v) is 4.72. The van der Waals surface area contributed by atoms with E-state index in [2.05, 4.69) is 52.8 Å². The normalized spacial score (nSPS) is 15.6. The molecule has 0 bridgehead atoms. The number of hydrogen-bond acceptors (Lipinski definition) is 4. The van der Waals surface area contributed by atoms with E-state index in [-0.39, 0.29) is 5.84 Å². The zero-order valence-electron chi connectivity index (χ0n) is 18.9. The molecule has 1 unspecified atom stereocenters. The Kier molecular flexibility index (Phi) is 6.29. The molecule has 0 fully saturated rings. The molecular formula is C28H27N5O. The average molecular weight is 450 g/mol. The minimum atomic E-state index is 0.272. The number of hydrogen-bond donors (Lipinski definition) is 2. The van der Waals surface area contributed by atoms with Gasteiger partial charge in [0.05, 0.1) is 11.2 Å². The van der Waals surface area contributed by atoms with Crippen LogP contribution >= 0.6 is 0 Å². The first kappa shape index (κ1) is 21.8. The molecule has 34 heavy (non-hydrogen) atoms. The third-order valence-corrected chi connectivity index (χ3v) is 6.46. The maximum Gasteiger partial charge on any atom is 0.155 e. The summed E-state index contributed by atoms with van der Waals surface area (Å²) in [5.41, 5.74) is 19.5. The first-order chi connectivity index (χ1) is 16.7. The quantitative estimate of drug-likeness (QED) is 0.161. The first-order valence-corrected chi connectivity index (χ1v) is 11.6. The first-order valence-electron chi connectivity index (χ1n) is 11.6. The predicted molar refractivity (Wildman–Crippen MR) is 134 cm³/mol. The molecule has 0 spiro atoms. The smallest absolute Gasteiger partial charge is 0.155 e. The summed E-state index contributed by atoms with van der Waals surface area (Å²) in [7, 11) is 0. The third kappa shape index (κ3) is 4.96. The molecule has 0 radical (unpaired) electrons. The number of fused-ring (bicyclic) bond motifs is 2. The van der Waals surface area contributed by atoms with Crippen molar-refractivity contribution < 1.29 is 4.74 Å². The van der Waals surface area contributed by atoms with E-state index in [1.165, 1.54) is 16.7 Å². The number of aromatic nitrogens is 1. The van der Waals surface area contributed by atoms with Crippen molar-refractivity contribution in [1.29, 1.82) is 5.53 Å². The summed E-state index contributed by atoms with van der Waals surface area (Å²) in [6.45, 7) is 0.452. The molecule has 0 aliphatic heterocycles. The van der Waals surface area contributed by atoms with Gasteiger partial charge in [0.2, 0.25) is 0 Å². The van der Waals surface area contributed by atoms with Crippen molar-refractivity contribution in [3.8, 4) is 5.75 Å². The van der Waals surface area contributed by atoms with E-state index in [0.717, 1.165) is 53.6 Å². The number of rotatable bonds is 7. The molecule has 1 atom stereocenters. The maximum absolute atomic E-state index is 6.88. The summed E-state index contributed by atoms with van der Waals surface area (Å²) < 4.78 is 6.11. The summed E-state index contributed by atoms with van der Waals surface area (Å²) in [4.78, 5) is 4.71. The van der Waals surface area contributed by atoms with E-state index < -0.39 is 0 Å². The van der Waals surface area contributed by atoms with Crippen LogP contribution in [0.15, 0.2) is 89.2 Å². The lowest BCUT2D eigenvalue weighted by molar-refractivity contribution is 0.301. The van der Waals surface area contributed by atoms with Gasteiger partial charge in [0.1, 0.15) is 12.4 Å². The Morgan fingerprint density at radius 1 is 1.00 bits per heavy atom. The van der Waals surface area contributed by atoms with Gasteiger partial charge in [0.15, 0.2) is 5.84 Å². The van der Waals surface area contributed by atoms with Gasteiger partial charge in [-0.2, -0.15) is 5.53 Å². The molecule has 5 rings (SSSR count). The summed E-state index contributed by atoms with van der Waals surface area (Å²) in [6.07, 6.45) is 4.23. The van der Waals surface area contributed by atoms with E-state index in [1.54, 1.807) is 0 Å². The number of nitrogens with zero attached hydrogens (tertiary/aromatic N) is 3. The van der Waals surface area contributed by atoms with E-state index in [1.807, 2.05) is 36.4 Å². The van der Waals surface area contributed by atoms with Crippen LogP contribution in [0.2, 0.25) is 0 Å². The SMILES string of the molecule is N=NN=C(N)c1cccc(CC2CCc3ccc(OCc4ccc5ccccc5n4)cc3C2)c1. The Labute approximate surface area is 199 Å². The number of nitrogens with two attached hydrogens (primary N) is 1. The zero-order chi connectivity index (χ0) is 23.3. The highest BCUT2D eigenvalue weighted by Gasteiger charge is 2.20. The highest BCUT2D eigenvalue weighted by atomic mass is 16.5. The van der Waals surface area contributed by atoms with E-state index >= 15 is 0 Å². The van der Waals surface area contributed by atoms with Gasteiger partial charge in [0.25, 0.3) is 0 Å². The lowest BCUT2D eigenvalue weighted by atomic mass is 9.80. The van der Waals surface area contributed by atoms with Gasteiger partial charge in [-0.15, -0.1) is 5.10 Å². The Hall–Kier alpha value is -4.06. The second-order valence-electron chi connectivity index (χ2n) is 8.81. The highest BCUT2D eigenvalue weighted by Crippen LogP contribution is 2.31. The van der Waals surface area contributed by atoms with Crippen LogP contribution in [-0.2, 0) is 25.9 Å². The summed E-state index contributed by atoms with van der Waals surface area (Å²) >= 11 is 0. The van der Waals surface area contributed by atoms with Gasteiger partial charge in [-0.1, -0.05) is 53.8 Å². The fraction of sp³-hybridized carbons (Fsp3) is 0.214. The van der Waals surface area contributed by atoms with Gasteiger partial charge in [-0.3, -0.25) is 0 Å². The standard InChI is InChI=1S/C28H27N5O/c29-28(32-33-30)23-6-3-4-19(15-23)14-20-8-9-21-11-13-26(17-24(21)16-20)34-18-25-12-10-22-5-1-2-7-27(22)31-25/h1-7,10-13,15,17,20H,8-9,14,16,18H2,(H3,29,30,32). The van der Waals surface area contributed by atoms with Gasteiger partial charge >= 0.3 is 0 Å². The molecule has 170 valence electrons. The molecule has 0 saturated heterocycles. The van der Waals surface area contributed by atoms with Crippen LogP contribution in [0.4, 0.5) is 0 Å². The largest absolute Gasteiger partial charge is 0.487 e. The molecule has 0 amide bonds. The van der Waals surface area contributed by atoms with Crippen LogP contribution in [0.25, 0.3) is 10.9 Å². The van der Waals surface area contributed by atoms with Gasteiger partial charge in [-0.05, 0) is 78.6 Å². The number of nitrogens with one attached hydrogen (secondary N) is 1. The minimum Gasteiger partial charge on any atom is -0.487 e. The van der Waals surface area contributed by atoms with Crippen molar-refractivity contribution in [2.24, 2.45) is 22.0 Å². The van der Waals surface area contributed by atoms with E-state index in [4.69, 9.17) is 21.0 Å². The highest BCUT2D eigenvalue weighted by molar-refractivity contribution is 5.97. The zero-order valence-corrected chi connectivity index (χ0v) is 18.9. The van der Waals surface area contributed by atoms with Gasteiger partial charge in [0, 0.05) is 10.9 Å². The molecule has 1 heterocycles. The summed E-state index contributed by atoms with van der Waals surface area (Å²) in [5.74, 6) is 1.71. The van der Waals surface area contributed by atoms with E-state index in [0.29, 0.717) is 12.5 Å². The molecule has 3 aromatic carbocycles. The molecule has 1 aliphatic carbocycles. The Bertz CT molecular complexity index is 1360. The molecule has 6 heteroatoms. The lowest BCUT2D eigenvalue weighted by Crippen LogP contribution is -2.17. The molecule has 6 nitrogen and oxygen atoms in total. The van der Waals surface area contributed by atoms with Crippen molar-refractivity contribution in [3.05, 3.63) is 107 Å². The van der Waals surface area contributed by atoms with Crippen LogP contribution in [0.5, 0.6) is 5.75 Å². The summed E-state index contributed by atoms with van der Waals surface area (Å²) in [5, 5.41) is 7.82. The van der Waals surface area contributed by atoms with Crippen LogP contribution < -0.4 is 10.5 Å². The van der Waals surface area contributed by atoms with Crippen molar-refractivity contribution in [2.75, 3.05) is 0 Å². The van der Waals surface area contributed by atoms with Crippen LogP contribution in [0.1, 0.15) is 34.4 Å². The second kappa shape index (κ2) is 9.83. The average Bonchev–Trinajstić information content (AvgIpc) is 2.87. The number of ether oxygens (including phenoxy) is 1. The van der Waals surface area contributed by atoms with Crippen molar-refractivity contribution in [3.63, 3.8) is 0 Å². The minimum absolute atomic E-state index is 0.272. The van der Waals surface area contributed by atoms with Crippen LogP contribution in [-0.4, -0.2) is 10.8 Å². The van der Waals surface area contributed by atoms with Crippen LogP contribution in [0.3, 0.4) is 0 Å². The van der Waals surface area contributed by atoms with Crippen molar-refractivity contribution in [2.45, 2.75) is 32.3 Å². The molecule has 0 saturated carbocycles. The fourth-order valence-electron chi connectivity index (χ4n) is 4.72. The Balaban J connectivity index is 1.25. The molecule has 1 aliphatic rings. The number of amidine groups is 1. The Morgan fingerprint density at radius 3 is 2.82 bits per heavy atom. The molecular weight excluding hydrogens is 422 g/mol. The maximum atomic E-state index is 6.88. The number of aryl methyl sites for hydroxylation is 1. The predicted octanol–water partition coefficient (Wildman–Crippen LogP) is 5.81. The molecule has 3 N–H and O–H groups in total. The van der Waals surface area contributed by atoms with Crippen LogP contribution in [0, 0.1) is 11.4 Å². The van der Waals surface area contributed by atoms with Crippen molar-refractivity contribution >= 4 is 16.7 Å². The second-order valence-corrected chi connectivity index (χ2v) is 8.81. The molecule has 4 aromatic rings. The number of benzene rings is 3. The van der Waals surface area contributed by atoms with Gasteiger partial charge < -0.3 is 10.5 Å². The van der Waals surface area contributed by atoms with Gasteiger partial charge in [-0.25, -0.2) is 4.98 Å². The Morgan fingerprint density at radius 2 is 1.91 bits per heavy atom. The third-order valence-electron chi connectivity index (χ3n) is 6.46. The number of para-hydroxylation sites is 1.